The molecule has 5 nitrogen and oxygen atoms in total. The predicted octanol–water partition coefficient (Wildman–Crippen LogP) is 1.77. The molecule has 1 amide bonds. The van der Waals surface area contributed by atoms with Crippen LogP contribution >= 0.6 is 0 Å². The summed E-state index contributed by atoms with van der Waals surface area (Å²) in [6.07, 6.45) is 3.83. The molecule has 1 aromatic carbocycles. The van der Waals surface area contributed by atoms with Crippen molar-refractivity contribution in [3.05, 3.63) is 29.8 Å². The number of carbonyl (C=O) groups is 1. The molecule has 2 aliphatic rings. The monoisotopic (exact) mass is 308 g/mol. The van der Waals surface area contributed by atoms with Gasteiger partial charge in [-0.1, -0.05) is 24.1 Å². The van der Waals surface area contributed by atoms with Gasteiger partial charge in [-0.15, -0.1) is 0 Å². The lowest BCUT2D eigenvalue weighted by Crippen LogP contribution is -2.45. The third-order valence-electron chi connectivity index (χ3n) is 4.61. The quantitative estimate of drug-likeness (QED) is 0.660. The molecule has 1 heterocycles. The number of aryl methyl sites for hydroxylation is 1. The van der Waals surface area contributed by atoms with Crippen LogP contribution in [0.5, 0.6) is 0 Å². The maximum absolute atomic E-state index is 12.9. The maximum atomic E-state index is 12.9. The summed E-state index contributed by atoms with van der Waals surface area (Å²) < 4.78 is 14.7. The Morgan fingerprint density at radius 2 is 2.05 bits per heavy atom. The molecule has 1 aromatic rings. The molecule has 1 unspecified atom stereocenters. The van der Waals surface area contributed by atoms with Crippen LogP contribution in [0.25, 0.3) is 0 Å². The summed E-state index contributed by atoms with van der Waals surface area (Å²) in [6.45, 7) is 1.98. The summed E-state index contributed by atoms with van der Waals surface area (Å²) in [5, 5.41) is 8.94. The van der Waals surface area contributed by atoms with Crippen LogP contribution in [0.2, 0.25) is 0 Å². The van der Waals surface area contributed by atoms with Crippen LogP contribution in [-0.4, -0.2) is 31.7 Å². The Morgan fingerprint density at radius 3 is 2.71 bits per heavy atom. The fraction of sp³-hybridized carbons (Fsp3) is 0.533. The normalized spacial score (nSPS) is 30.1. The molecule has 1 aliphatic carbocycles. The predicted molar refractivity (Wildman–Crippen MR) is 78.9 cm³/mol. The Bertz CT molecular complexity index is 561. The molecule has 114 valence electrons. The number of hydrogen-bond acceptors (Lipinski definition) is 3. The van der Waals surface area contributed by atoms with Crippen molar-refractivity contribution in [2.45, 2.75) is 49.6 Å². The van der Waals surface area contributed by atoms with Gasteiger partial charge in [-0.2, -0.15) is 0 Å². The fourth-order valence-corrected chi connectivity index (χ4v) is 5.11. The van der Waals surface area contributed by atoms with Crippen molar-refractivity contribution in [3.63, 3.8) is 0 Å². The summed E-state index contributed by atoms with van der Waals surface area (Å²) in [6, 6.07) is 7.22. The van der Waals surface area contributed by atoms with Gasteiger partial charge >= 0.3 is 0 Å². The molecule has 4 atom stereocenters. The van der Waals surface area contributed by atoms with E-state index in [0.717, 1.165) is 24.8 Å². The molecule has 0 radical (unpaired) electrons. The molecule has 21 heavy (non-hydrogen) atoms. The number of hydrogen-bond donors (Lipinski definition) is 2. The van der Waals surface area contributed by atoms with Gasteiger partial charge in [0.25, 0.3) is 5.91 Å². The van der Waals surface area contributed by atoms with Crippen LogP contribution in [0.4, 0.5) is 0 Å². The van der Waals surface area contributed by atoms with E-state index in [1.54, 1.807) is 9.79 Å². The van der Waals surface area contributed by atoms with Crippen LogP contribution < -0.4 is 5.48 Å². The average Bonchev–Trinajstić information content (AvgIpc) is 3.06. The third-order valence-corrected chi connectivity index (χ3v) is 6.19. The molecular weight excluding hydrogens is 288 g/mol. The number of nitrogens with one attached hydrogen (secondary N) is 1. The first-order valence-corrected chi connectivity index (χ1v) is 8.43. The largest absolute Gasteiger partial charge is 0.289 e. The lowest BCUT2D eigenvalue weighted by Gasteiger charge is -2.26. The van der Waals surface area contributed by atoms with Gasteiger partial charge in [0.1, 0.15) is 17.0 Å². The summed E-state index contributed by atoms with van der Waals surface area (Å²) in [4.78, 5) is 12.6. The number of fused-ring (bicyclic) bond motifs is 1. The van der Waals surface area contributed by atoms with Crippen LogP contribution in [0, 0.1) is 12.8 Å². The zero-order chi connectivity index (χ0) is 15.0. The second kappa shape index (κ2) is 5.87. The maximum Gasteiger partial charge on any atom is 0.261 e. The van der Waals surface area contributed by atoms with Gasteiger partial charge in [0.15, 0.2) is 0 Å². The average molecular weight is 308 g/mol. The first-order chi connectivity index (χ1) is 10.1. The van der Waals surface area contributed by atoms with Crippen LogP contribution in [0.3, 0.4) is 0 Å². The number of benzene rings is 1. The standard InChI is InChI=1S/C15H20N2O3S/c1-10-5-7-12(8-6-10)21(20)17-13-4-2-3-11(13)9-14(17)15(18)16-19/h5-8,11,13-14,19H,2-4,9H2,1H3,(H,16,18)/t11-,13-,14-,21?/m1/s1. The van der Waals surface area contributed by atoms with Gasteiger partial charge < -0.3 is 0 Å². The highest BCUT2D eigenvalue weighted by atomic mass is 32.2. The molecule has 2 N–H and O–H groups in total. The molecule has 1 saturated carbocycles. The highest BCUT2D eigenvalue weighted by molar-refractivity contribution is 7.82. The minimum absolute atomic E-state index is 0.175. The molecule has 3 rings (SSSR count). The van der Waals surface area contributed by atoms with Gasteiger partial charge in [0, 0.05) is 6.04 Å². The van der Waals surface area contributed by atoms with Crippen LogP contribution in [0.1, 0.15) is 31.2 Å². The van der Waals surface area contributed by atoms with Gasteiger partial charge in [-0.05, 0) is 44.2 Å². The second-order valence-electron chi connectivity index (χ2n) is 5.91. The van der Waals surface area contributed by atoms with E-state index in [4.69, 9.17) is 5.21 Å². The summed E-state index contributed by atoms with van der Waals surface area (Å²) in [7, 11) is -1.37. The minimum atomic E-state index is -1.37. The Labute approximate surface area is 126 Å². The van der Waals surface area contributed by atoms with E-state index in [1.807, 2.05) is 31.2 Å². The van der Waals surface area contributed by atoms with Crippen molar-refractivity contribution in [1.82, 2.24) is 9.79 Å². The minimum Gasteiger partial charge on any atom is -0.289 e. The summed E-state index contributed by atoms with van der Waals surface area (Å²) in [5.41, 5.74) is 2.84. The van der Waals surface area contributed by atoms with Crippen molar-refractivity contribution in [3.8, 4) is 0 Å². The Kier molecular flexibility index (Phi) is 4.10. The first-order valence-electron chi connectivity index (χ1n) is 7.32. The van der Waals surface area contributed by atoms with E-state index >= 15 is 0 Å². The number of rotatable bonds is 3. The van der Waals surface area contributed by atoms with Crippen molar-refractivity contribution in [2.24, 2.45) is 5.92 Å². The molecule has 0 aromatic heterocycles. The molecular formula is C15H20N2O3S. The molecule has 2 fully saturated rings. The number of hydroxylamine groups is 1. The topological polar surface area (TPSA) is 69.6 Å². The van der Waals surface area contributed by atoms with Crippen LogP contribution in [0.15, 0.2) is 29.2 Å². The van der Waals surface area contributed by atoms with E-state index in [2.05, 4.69) is 0 Å². The molecule has 0 spiro atoms. The van der Waals surface area contributed by atoms with Crippen molar-refractivity contribution < 1.29 is 14.2 Å². The molecule has 6 heteroatoms. The lowest BCUT2D eigenvalue weighted by molar-refractivity contribution is -0.132. The Balaban J connectivity index is 1.90. The molecule has 1 saturated heterocycles. The highest BCUT2D eigenvalue weighted by Crippen LogP contribution is 2.43. The van der Waals surface area contributed by atoms with E-state index in [1.165, 1.54) is 0 Å². The van der Waals surface area contributed by atoms with Gasteiger partial charge in [-0.25, -0.2) is 14.0 Å². The van der Waals surface area contributed by atoms with Crippen molar-refractivity contribution >= 4 is 16.9 Å². The SMILES string of the molecule is Cc1ccc(S(=O)N2[C@@H](C(=O)NO)C[C@H]3CCC[C@H]32)cc1. The number of carbonyl (C=O) groups excluding carboxylic acids is 1. The van der Waals surface area contributed by atoms with E-state index in [9.17, 15) is 9.00 Å². The molecule has 0 bridgehead atoms. The number of amides is 1. The number of nitrogens with zero attached hydrogens (tertiary/aromatic N) is 1. The smallest absolute Gasteiger partial charge is 0.261 e. The second-order valence-corrected chi connectivity index (χ2v) is 7.30. The lowest BCUT2D eigenvalue weighted by atomic mass is 10.0. The molecule has 1 aliphatic heterocycles. The highest BCUT2D eigenvalue weighted by Gasteiger charge is 2.49. The third kappa shape index (κ3) is 2.63. The van der Waals surface area contributed by atoms with E-state index in [0.29, 0.717) is 17.2 Å². The summed E-state index contributed by atoms with van der Waals surface area (Å²) in [5.74, 6) is -0.0495. The Morgan fingerprint density at radius 1 is 1.33 bits per heavy atom. The van der Waals surface area contributed by atoms with Gasteiger partial charge in [-0.3, -0.25) is 10.0 Å². The van der Waals surface area contributed by atoms with Crippen molar-refractivity contribution in [2.75, 3.05) is 0 Å². The fourth-order valence-electron chi connectivity index (χ4n) is 3.56. The zero-order valence-electron chi connectivity index (χ0n) is 12.0. The summed E-state index contributed by atoms with van der Waals surface area (Å²) >= 11 is 0. The van der Waals surface area contributed by atoms with E-state index in [-0.39, 0.29) is 6.04 Å². The Hall–Kier alpha value is -1.24. The van der Waals surface area contributed by atoms with Gasteiger partial charge in [0.05, 0.1) is 4.90 Å². The van der Waals surface area contributed by atoms with Crippen LogP contribution in [-0.2, 0) is 15.8 Å². The van der Waals surface area contributed by atoms with Gasteiger partial charge in [0.2, 0.25) is 0 Å². The first kappa shape index (κ1) is 14.7. The zero-order valence-corrected chi connectivity index (χ0v) is 12.8. The van der Waals surface area contributed by atoms with Crippen molar-refractivity contribution in [1.29, 1.82) is 0 Å². The van der Waals surface area contributed by atoms with E-state index < -0.39 is 22.9 Å².